The zero-order valence-electron chi connectivity index (χ0n) is 15.8. The summed E-state index contributed by atoms with van der Waals surface area (Å²) in [6.07, 6.45) is -3.04. The van der Waals surface area contributed by atoms with E-state index in [0.717, 1.165) is 0 Å². The minimum absolute atomic E-state index is 0. The molecular formula is C14H15Dy2N5O11-2. The van der Waals surface area contributed by atoms with Crippen molar-refractivity contribution in [2.24, 2.45) is 0 Å². The van der Waals surface area contributed by atoms with E-state index in [4.69, 9.17) is 5.73 Å². The average molecular weight is 754 g/mol. The Bertz CT molecular complexity index is 733. The molecule has 3 saturated heterocycles. The smallest absolute Gasteiger partial charge is 0.560 e. The van der Waals surface area contributed by atoms with Crippen molar-refractivity contribution in [1.29, 1.82) is 0 Å². The van der Waals surface area contributed by atoms with E-state index in [1.54, 1.807) is 0 Å². The van der Waals surface area contributed by atoms with E-state index >= 15 is 0 Å². The molecule has 0 aromatic heterocycles. The first kappa shape index (κ1) is 32.6. The molecule has 3 N–H and O–H groups in total. The van der Waals surface area contributed by atoms with Gasteiger partial charge in [0.1, 0.15) is 0 Å². The summed E-state index contributed by atoms with van der Waals surface area (Å²) in [5, 5.41) is 0.843. The van der Waals surface area contributed by atoms with E-state index in [1.165, 1.54) is 0 Å². The zero-order chi connectivity index (χ0) is 21.7. The molecule has 0 aromatic rings. The van der Waals surface area contributed by atoms with Crippen molar-refractivity contribution < 1.29 is 129 Å². The second-order valence-corrected chi connectivity index (χ2v) is 5.56. The van der Waals surface area contributed by atoms with Gasteiger partial charge in [-0.3, -0.25) is 43.2 Å². The number of amides is 7. The van der Waals surface area contributed by atoms with Gasteiger partial charge in [0.05, 0.1) is 0 Å². The summed E-state index contributed by atoms with van der Waals surface area (Å²) in [5.74, 6) is -3.88. The van der Waals surface area contributed by atoms with Gasteiger partial charge >= 0.3 is 6.16 Å². The topological polar surface area (TPSA) is 231 Å². The number of hydrogen-bond acceptors (Lipinski definition) is 11. The predicted octanol–water partition coefficient (Wildman–Crippen LogP) is 0.224. The van der Waals surface area contributed by atoms with Gasteiger partial charge in [-0.2, -0.15) is 4.79 Å². The first-order chi connectivity index (χ1) is 13.6. The van der Waals surface area contributed by atoms with Gasteiger partial charge in [-0.15, -0.1) is 5.06 Å². The van der Waals surface area contributed by atoms with Gasteiger partial charge in [-0.05, 0) is 0 Å². The van der Waals surface area contributed by atoms with Crippen molar-refractivity contribution in [2.75, 3.05) is 0 Å². The van der Waals surface area contributed by atoms with Crippen molar-refractivity contribution in [2.45, 2.75) is 38.5 Å². The van der Waals surface area contributed by atoms with Crippen LogP contribution in [0.1, 0.15) is 38.5 Å². The normalized spacial score (nSPS) is 17.1. The number of rotatable bonds is 3. The largest absolute Gasteiger partial charge is 0.693 e. The van der Waals surface area contributed by atoms with Gasteiger partial charge in [0.2, 0.25) is 0 Å². The molecule has 3 fully saturated rings. The number of carbonyl (C=O) groups excluding carboxylic acids is 8. The van der Waals surface area contributed by atoms with E-state index in [-0.39, 0.29) is 131 Å². The number of hydrogen-bond donors (Lipinski definition) is 0. The molecule has 32 heavy (non-hydrogen) atoms. The van der Waals surface area contributed by atoms with Crippen LogP contribution < -0.4 is 0 Å². The van der Waals surface area contributed by atoms with Crippen molar-refractivity contribution in [3.8, 4) is 0 Å². The summed E-state index contributed by atoms with van der Waals surface area (Å²) >= 11 is 0. The van der Waals surface area contributed by atoms with Crippen LogP contribution in [0.4, 0.5) is 9.59 Å². The van der Waals surface area contributed by atoms with Crippen molar-refractivity contribution >= 4 is 47.7 Å². The number of hydroxylamine groups is 6. The summed E-state index contributed by atoms with van der Waals surface area (Å²) in [4.78, 5) is 99.6. The maximum Gasteiger partial charge on any atom is 0.560 e. The van der Waals surface area contributed by atoms with Crippen LogP contribution in [0.5, 0.6) is 0 Å². The van der Waals surface area contributed by atoms with Crippen LogP contribution in [0.2, 0.25) is 0 Å². The molecule has 0 atom stereocenters. The van der Waals surface area contributed by atoms with Crippen LogP contribution in [0.25, 0.3) is 11.9 Å². The minimum atomic E-state index is -1.48. The molecule has 0 bridgehead atoms. The molecule has 0 radical (unpaired) electrons. The van der Waals surface area contributed by atoms with Crippen LogP contribution in [0.3, 0.4) is 0 Å². The van der Waals surface area contributed by atoms with Gasteiger partial charge in [0.15, 0.2) is 0 Å². The maximum atomic E-state index is 11.2. The van der Waals surface area contributed by atoms with Gasteiger partial charge in [-0.25, -0.2) is 0 Å². The van der Waals surface area contributed by atoms with Crippen LogP contribution in [-0.2, 0) is 43.3 Å². The molecule has 0 spiro atoms. The maximum absolute atomic E-state index is 11.2. The number of imide groups is 3. The first-order valence-corrected chi connectivity index (χ1v) is 8.01. The molecule has 3 aliphatic heterocycles. The predicted molar refractivity (Wildman–Crippen MR) is 86.9 cm³/mol. The van der Waals surface area contributed by atoms with Gasteiger partial charge in [0.25, 0.3) is 41.5 Å². The summed E-state index contributed by atoms with van der Waals surface area (Å²) < 4.78 is 0. The molecule has 0 aromatic carbocycles. The molecule has 18 heteroatoms. The van der Waals surface area contributed by atoms with Crippen molar-refractivity contribution in [1.82, 2.24) is 15.2 Å². The molecule has 3 aliphatic rings. The Kier molecular flexibility index (Phi) is 14.9. The molecule has 184 valence electrons. The Labute approximate surface area is 240 Å². The molecule has 0 aliphatic carbocycles. The Balaban J connectivity index is 0. The van der Waals surface area contributed by atoms with E-state index in [9.17, 15) is 38.4 Å². The van der Waals surface area contributed by atoms with E-state index < -0.39 is 47.7 Å². The SMILES string of the molecule is O=C(ON1C(=O)CCC1=O)ON1C(=O)CCC1=O.[Dy].[Dy].[NH-]C(=O)ON1C(=O)CCC1=O.[NH2-]. The number of nitrogens with zero attached hydrogens (tertiary/aromatic N) is 3. The van der Waals surface area contributed by atoms with E-state index in [2.05, 4.69) is 14.5 Å². The van der Waals surface area contributed by atoms with Crippen molar-refractivity contribution in [3.05, 3.63) is 11.9 Å². The zero-order valence-corrected chi connectivity index (χ0v) is 19.8. The Hall–Kier alpha value is -1.53. The van der Waals surface area contributed by atoms with Gasteiger partial charge in [-0.1, -0.05) is 10.1 Å². The van der Waals surface area contributed by atoms with Crippen LogP contribution >= 0.6 is 0 Å². The molecule has 0 unspecified atom stereocenters. The summed E-state index contributed by atoms with van der Waals surface area (Å²) in [7, 11) is 0. The van der Waals surface area contributed by atoms with Crippen LogP contribution in [0, 0.1) is 76.3 Å². The fraction of sp³-hybridized carbons (Fsp3) is 0.429. The molecule has 7 amide bonds. The molecule has 3 rings (SSSR count). The van der Waals surface area contributed by atoms with E-state index in [0.29, 0.717) is 5.06 Å². The molecule has 0 saturated carbocycles. The monoisotopic (exact) mass is 757 g/mol. The quantitative estimate of drug-likeness (QED) is 0.354. The Morgan fingerprint density at radius 3 is 1.00 bits per heavy atom. The standard InChI is InChI=1S/C9H8N2O7.C5H6N2O4.2Dy.H2N/c12-5-1-2-6(13)10(5)17-9(16)18-11-7(14)3-4-8(11)15;6-5(10)11-7-3(8)1-2-4(7)9;;;/h1-4H2;1-2H2,(H2,6,10);;;1H2/q;;;;-1/p-1. The Morgan fingerprint density at radius 1 is 0.562 bits per heavy atom. The minimum Gasteiger partial charge on any atom is -0.693 e. The fourth-order valence-corrected chi connectivity index (χ4v) is 2.22. The third-order valence-electron chi connectivity index (χ3n) is 3.52. The third-order valence-corrected chi connectivity index (χ3v) is 3.52. The summed E-state index contributed by atoms with van der Waals surface area (Å²) in [6, 6.07) is 0. The van der Waals surface area contributed by atoms with Crippen LogP contribution in [0.15, 0.2) is 0 Å². The number of nitrogens with one attached hydrogen (secondary N) is 1. The third kappa shape index (κ3) is 8.78. The number of carbonyl (C=O) groups is 8. The van der Waals surface area contributed by atoms with E-state index in [1.807, 2.05) is 0 Å². The Morgan fingerprint density at radius 2 is 0.781 bits per heavy atom. The average Bonchev–Trinajstić information content (AvgIpc) is 3.25. The van der Waals surface area contributed by atoms with Crippen LogP contribution in [-0.4, -0.2) is 62.9 Å². The van der Waals surface area contributed by atoms with Gasteiger partial charge in [0, 0.05) is 115 Å². The second kappa shape index (κ2) is 14.6. The number of nitrogens with two attached hydrogens (primary N) is 1. The molecular weight excluding hydrogens is 739 g/mol. The van der Waals surface area contributed by atoms with Gasteiger partial charge < -0.3 is 16.7 Å². The summed E-state index contributed by atoms with van der Waals surface area (Å²) in [5.41, 5.74) is 6.32. The first-order valence-electron chi connectivity index (χ1n) is 8.01. The summed E-state index contributed by atoms with van der Waals surface area (Å²) in [6.45, 7) is 0. The molecule has 16 nitrogen and oxygen atoms in total. The molecule has 3 heterocycles. The fourth-order valence-electron chi connectivity index (χ4n) is 2.22. The van der Waals surface area contributed by atoms with Crippen molar-refractivity contribution in [3.63, 3.8) is 0 Å². The second-order valence-electron chi connectivity index (χ2n) is 5.56.